The Bertz CT molecular complexity index is 1540. The molecule has 4 rings (SSSR count). The second-order valence-electron chi connectivity index (χ2n) is 9.39. The van der Waals surface area contributed by atoms with Crippen LogP contribution in [0, 0.1) is 5.82 Å². The van der Waals surface area contributed by atoms with Gasteiger partial charge < -0.3 is 20.7 Å². The van der Waals surface area contributed by atoms with Crippen LogP contribution in [0.5, 0.6) is 0 Å². The maximum absolute atomic E-state index is 15.4. The van der Waals surface area contributed by atoms with Crippen molar-refractivity contribution in [3.63, 3.8) is 0 Å². The van der Waals surface area contributed by atoms with Gasteiger partial charge in [-0.1, -0.05) is 51.1 Å². The van der Waals surface area contributed by atoms with Crippen LogP contribution in [-0.2, 0) is 5.41 Å². The third kappa shape index (κ3) is 5.56. The number of H-pyrrole nitrogens is 1. The number of rotatable bonds is 6. The van der Waals surface area contributed by atoms with Crippen molar-refractivity contribution < 1.29 is 19.1 Å². The van der Waals surface area contributed by atoms with Crippen LogP contribution in [0.1, 0.15) is 47.1 Å². The van der Waals surface area contributed by atoms with E-state index in [2.05, 4.69) is 41.4 Å². The predicted molar refractivity (Wildman–Crippen MR) is 140 cm³/mol. The summed E-state index contributed by atoms with van der Waals surface area (Å²) < 4.78 is 15.4. The number of carbonyl (C=O) groups excluding carboxylic acids is 1. The van der Waals surface area contributed by atoms with Crippen LogP contribution < -0.4 is 16.2 Å². The van der Waals surface area contributed by atoms with E-state index in [0.29, 0.717) is 5.56 Å². The van der Waals surface area contributed by atoms with Gasteiger partial charge in [0.25, 0.3) is 11.5 Å². The quantitative estimate of drug-likeness (QED) is 0.274. The van der Waals surface area contributed by atoms with Crippen molar-refractivity contribution in [3.8, 4) is 11.3 Å². The van der Waals surface area contributed by atoms with Crippen LogP contribution in [-0.4, -0.2) is 27.0 Å². The molecule has 0 fully saturated rings. The number of anilines is 3. The van der Waals surface area contributed by atoms with E-state index in [0.717, 1.165) is 5.56 Å². The summed E-state index contributed by atoms with van der Waals surface area (Å²) in [4.78, 5) is 43.3. The minimum absolute atomic E-state index is 0.0340. The van der Waals surface area contributed by atoms with Crippen LogP contribution in [0.2, 0.25) is 0 Å². The van der Waals surface area contributed by atoms with E-state index in [4.69, 9.17) is 0 Å². The number of hydrogen-bond donors (Lipinski definition) is 4. The van der Waals surface area contributed by atoms with E-state index in [1.165, 1.54) is 30.5 Å². The third-order valence-electron chi connectivity index (χ3n) is 5.73. The van der Waals surface area contributed by atoms with Gasteiger partial charge in [0.1, 0.15) is 0 Å². The van der Waals surface area contributed by atoms with Gasteiger partial charge >= 0.3 is 5.97 Å². The lowest BCUT2D eigenvalue weighted by Gasteiger charge is -2.19. The number of hydrogen-bond acceptors (Lipinski definition) is 5. The first-order valence-electron chi connectivity index (χ1n) is 11.4. The van der Waals surface area contributed by atoms with Crippen molar-refractivity contribution in [1.29, 1.82) is 0 Å². The number of amides is 1. The number of carboxylic acid groups (broad SMARTS) is 1. The minimum Gasteiger partial charge on any atom is -0.478 e. The first kappa shape index (κ1) is 25.3. The number of halogens is 1. The average molecular weight is 501 g/mol. The Morgan fingerprint density at radius 1 is 0.946 bits per heavy atom. The number of nitrogens with zero attached hydrogens (tertiary/aromatic N) is 1. The molecule has 0 aliphatic rings. The van der Waals surface area contributed by atoms with Gasteiger partial charge in [-0.2, -0.15) is 0 Å². The number of nitrogens with one attached hydrogen (secondary N) is 3. The number of carboxylic acids is 1. The minimum atomic E-state index is -1.18. The number of carbonyl (C=O) groups is 2. The summed E-state index contributed by atoms with van der Waals surface area (Å²) in [6.07, 6.45) is 1.24. The summed E-state index contributed by atoms with van der Waals surface area (Å²) in [5, 5.41) is 14.7. The van der Waals surface area contributed by atoms with Gasteiger partial charge in [-0.25, -0.2) is 14.2 Å². The van der Waals surface area contributed by atoms with Gasteiger partial charge in [0.2, 0.25) is 0 Å². The highest BCUT2D eigenvalue weighted by molar-refractivity contribution is 6.04. The molecule has 0 bridgehead atoms. The van der Waals surface area contributed by atoms with Crippen molar-refractivity contribution in [2.24, 2.45) is 0 Å². The van der Waals surface area contributed by atoms with Gasteiger partial charge in [0.05, 0.1) is 22.6 Å². The normalized spacial score (nSPS) is 11.1. The lowest BCUT2D eigenvalue weighted by molar-refractivity contribution is 0.0697. The van der Waals surface area contributed by atoms with Crippen molar-refractivity contribution in [2.45, 2.75) is 26.2 Å². The van der Waals surface area contributed by atoms with E-state index < -0.39 is 23.3 Å². The molecule has 0 saturated heterocycles. The number of aromatic amines is 1. The van der Waals surface area contributed by atoms with Crippen LogP contribution in [0.25, 0.3) is 11.3 Å². The monoisotopic (exact) mass is 500 g/mol. The molecule has 9 heteroatoms. The van der Waals surface area contributed by atoms with E-state index in [9.17, 15) is 19.5 Å². The molecule has 0 saturated carbocycles. The fraction of sp³-hybridized carbons (Fsp3) is 0.143. The average Bonchev–Trinajstić information content (AvgIpc) is 2.86. The highest BCUT2D eigenvalue weighted by Crippen LogP contribution is 2.28. The van der Waals surface area contributed by atoms with E-state index >= 15 is 4.39 Å². The molecule has 4 aromatic rings. The van der Waals surface area contributed by atoms with Crippen molar-refractivity contribution in [2.75, 3.05) is 10.6 Å². The first-order chi connectivity index (χ1) is 17.5. The molecule has 0 aliphatic carbocycles. The molecule has 0 spiro atoms. The topological polar surface area (TPSA) is 124 Å². The largest absolute Gasteiger partial charge is 0.478 e. The zero-order valence-corrected chi connectivity index (χ0v) is 20.4. The first-order valence-corrected chi connectivity index (χ1v) is 11.4. The van der Waals surface area contributed by atoms with Gasteiger partial charge in [-0.15, -0.1) is 0 Å². The molecule has 4 N–H and O–H groups in total. The third-order valence-corrected chi connectivity index (χ3v) is 5.73. The van der Waals surface area contributed by atoms with Crippen LogP contribution in [0.15, 0.2) is 77.7 Å². The predicted octanol–water partition coefficient (Wildman–Crippen LogP) is 5.57. The Morgan fingerprint density at radius 3 is 2.30 bits per heavy atom. The molecule has 1 aromatic heterocycles. The molecule has 0 aliphatic heterocycles. The Morgan fingerprint density at radius 2 is 1.62 bits per heavy atom. The number of aromatic nitrogens is 2. The molecule has 0 radical (unpaired) electrons. The smallest absolute Gasteiger partial charge is 0.337 e. The fourth-order valence-corrected chi connectivity index (χ4v) is 3.68. The van der Waals surface area contributed by atoms with Crippen LogP contribution >= 0.6 is 0 Å². The molecular formula is C28H25FN4O4. The van der Waals surface area contributed by atoms with E-state index in [1.54, 1.807) is 30.3 Å². The number of para-hydroxylation sites is 1. The summed E-state index contributed by atoms with van der Waals surface area (Å²) in [6, 6.07) is 17.6. The molecule has 0 unspecified atom stereocenters. The standard InChI is InChI=1S/C28H25FN4O4/c1-28(2,3)17-13-11-16(12-14-17)25(34)33-21-10-6-8-18(23(21)29)22-15-30-26(35)24(32-22)31-20-9-5-4-7-19(20)27(36)37/h4-15H,1-3H3,(H,30,35)(H,31,32)(H,33,34)(H,36,37). The highest BCUT2D eigenvalue weighted by Gasteiger charge is 2.18. The van der Waals surface area contributed by atoms with Gasteiger partial charge in [-0.3, -0.25) is 9.59 Å². The van der Waals surface area contributed by atoms with Crippen molar-refractivity contribution >= 4 is 29.1 Å². The second-order valence-corrected chi connectivity index (χ2v) is 9.39. The van der Waals surface area contributed by atoms with Crippen LogP contribution in [0.4, 0.5) is 21.6 Å². The Labute approximate surface area is 212 Å². The lowest BCUT2D eigenvalue weighted by atomic mass is 9.87. The maximum Gasteiger partial charge on any atom is 0.337 e. The lowest BCUT2D eigenvalue weighted by Crippen LogP contribution is -2.16. The summed E-state index contributed by atoms with van der Waals surface area (Å²) in [5.41, 5.74) is 0.922. The highest BCUT2D eigenvalue weighted by atomic mass is 19.1. The zero-order chi connectivity index (χ0) is 26.7. The maximum atomic E-state index is 15.4. The molecule has 3 aromatic carbocycles. The molecule has 0 atom stereocenters. The summed E-state index contributed by atoms with van der Waals surface area (Å²) in [6.45, 7) is 6.21. The van der Waals surface area contributed by atoms with Crippen LogP contribution in [0.3, 0.4) is 0 Å². The van der Waals surface area contributed by atoms with Gasteiger partial charge in [-0.05, 0) is 47.4 Å². The van der Waals surface area contributed by atoms with Crippen molar-refractivity contribution in [1.82, 2.24) is 9.97 Å². The van der Waals surface area contributed by atoms with E-state index in [-0.39, 0.29) is 39.4 Å². The molecule has 1 amide bonds. The number of benzene rings is 3. The summed E-state index contributed by atoms with van der Waals surface area (Å²) in [5.74, 6) is -2.60. The fourth-order valence-electron chi connectivity index (χ4n) is 3.68. The van der Waals surface area contributed by atoms with Crippen molar-refractivity contribution in [3.05, 3.63) is 106 Å². The Balaban J connectivity index is 1.62. The molecule has 37 heavy (non-hydrogen) atoms. The summed E-state index contributed by atoms with van der Waals surface area (Å²) >= 11 is 0. The van der Waals surface area contributed by atoms with E-state index in [1.807, 2.05) is 12.1 Å². The molecule has 1 heterocycles. The SMILES string of the molecule is CC(C)(C)c1ccc(C(=O)Nc2cccc(-c3c[nH]c(=O)c(Nc4ccccc4C(=O)O)n3)c2F)cc1. The molecule has 8 nitrogen and oxygen atoms in total. The number of aromatic carboxylic acids is 1. The molecular weight excluding hydrogens is 475 g/mol. The Hall–Kier alpha value is -4.79. The zero-order valence-electron chi connectivity index (χ0n) is 20.4. The second kappa shape index (κ2) is 10.1. The van der Waals surface area contributed by atoms with Gasteiger partial charge in [0.15, 0.2) is 11.6 Å². The summed E-state index contributed by atoms with van der Waals surface area (Å²) in [7, 11) is 0. The van der Waals surface area contributed by atoms with Gasteiger partial charge in [0, 0.05) is 17.3 Å². The molecule has 188 valence electrons. The Kier molecular flexibility index (Phi) is 6.88.